The lowest BCUT2D eigenvalue weighted by Crippen LogP contribution is -2.36. The van der Waals surface area contributed by atoms with E-state index in [0.29, 0.717) is 12.4 Å². The summed E-state index contributed by atoms with van der Waals surface area (Å²) in [5, 5.41) is 7.43. The van der Waals surface area contributed by atoms with Gasteiger partial charge in [0.05, 0.1) is 24.0 Å². The Morgan fingerprint density at radius 2 is 1.79 bits per heavy atom. The van der Waals surface area contributed by atoms with Crippen LogP contribution in [0.2, 0.25) is 0 Å². The number of nitrogens with zero attached hydrogens (tertiary/aromatic N) is 3. The summed E-state index contributed by atoms with van der Waals surface area (Å²) in [5.41, 5.74) is 1.95. The van der Waals surface area contributed by atoms with Crippen molar-refractivity contribution in [3.05, 3.63) is 77.7 Å². The summed E-state index contributed by atoms with van der Waals surface area (Å²) in [7, 11) is 0. The van der Waals surface area contributed by atoms with Gasteiger partial charge in [-0.2, -0.15) is 5.10 Å². The summed E-state index contributed by atoms with van der Waals surface area (Å²) in [6.45, 7) is 6.82. The molecule has 2 aromatic carbocycles. The monoisotopic (exact) mass is 378 g/mol. The maximum absolute atomic E-state index is 14.1. The van der Waals surface area contributed by atoms with Gasteiger partial charge >= 0.3 is 6.03 Å². The summed E-state index contributed by atoms with van der Waals surface area (Å²) < 4.78 is 15.9. The molecule has 0 saturated heterocycles. The molecule has 144 valence electrons. The highest BCUT2D eigenvalue weighted by molar-refractivity contribution is 6.02. The largest absolute Gasteiger partial charge is 0.328 e. The van der Waals surface area contributed by atoms with Crippen molar-refractivity contribution in [2.75, 3.05) is 10.2 Å². The number of urea groups is 1. The van der Waals surface area contributed by atoms with Crippen LogP contribution in [-0.4, -0.2) is 15.8 Å². The van der Waals surface area contributed by atoms with Gasteiger partial charge in [0.25, 0.3) is 0 Å². The molecular weight excluding hydrogens is 355 g/mol. The van der Waals surface area contributed by atoms with Crippen LogP contribution in [-0.2, 0) is 12.0 Å². The Kier molecular flexibility index (Phi) is 4.41. The number of para-hydroxylation sites is 1. The molecule has 0 fully saturated rings. The van der Waals surface area contributed by atoms with Crippen molar-refractivity contribution < 1.29 is 9.18 Å². The third-order valence-corrected chi connectivity index (χ3v) is 4.95. The van der Waals surface area contributed by atoms with E-state index in [4.69, 9.17) is 5.10 Å². The van der Waals surface area contributed by atoms with E-state index >= 15 is 0 Å². The fraction of sp³-hybridized carbons (Fsp3) is 0.273. The Morgan fingerprint density at radius 3 is 2.46 bits per heavy atom. The summed E-state index contributed by atoms with van der Waals surface area (Å²) >= 11 is 0. The van der Waals surface area contributed by atoms with Gasteiger partial charge < -0.3 is 5.32 Å². The predicted molar refractivity (Wildman–Crippen MR) is 108 cm³/mol. The summed E-state index contributed by atoms with van der Waals surface area (Å²) in [4.78, 5) is 14.9. The third kappa shape index (κ3) is 3.26. The van der Waals surface area contributed by atoms with Gasteiger partial charge in [0.15, 0.2) is 0 Å². The van der Waals surface area contributed by atoms with Gasteiger partial charge in [-0.15, -0.1) is 0 Å². The Balaban J connectivity index is 1.72. The molecule has 1 aliphatic heterocycles. The highest BCUT2D eigenvalue weighted by atomic mass is 19.1. The minimum absolute atomic E-state index is 0.132. The molecule has 1 atom stereocenters. The number of carbonyl (C=O) groups is 1. The molecule has 1 aliphatic rings. The Morgan fingerprint density at radius 1 is 1.11 bits per heavy atom. The maximum atomic E-state index is 14.1. The molecular formula is C22H23FN4O. The van der Waals surface area contributed by atoms with Crippen LogP contribution in [0.4, 0.5) is 20.7 Å². The van der Waals surface area contributed by atoms with Crippen LogP contribution in [0.3, 0.4) is 0 Å². The number of amides is 2. The zero-order chi connectivity index (χ0) is 19.9. The lowest BCUT2D eigenvalue weighted by Gasteiger charge is -2.25. The molecule has 1 unspecified atom stereocenters. The molecule has 3 aromatic rings. The number of benzene rings is 2. The van der Waals surface area contributed by atoms with E-state index in [0.717, 1.165) is 11.3 Å². The van der Waals surface area contributed by atoms with Crippen LogP contribution in [0.5, 0.6) is 0 Å². The number of rotatable bonds is 2. The number of hydrogen-bond acceptors (Lipinski definition) is 2. The molecule has 0 bridgehead atoms. The molecule has 1 aromatic heterocycles. The van der Waals surface area contributed by atoms with Crippen LogP contribution >= 0.6 is 0 Å². The van der Waals surface area contributed by atoms with Gasteiger partial charge in [-0.25, -0.2) is 13.9 Å². The molecule has 2 amide bonds. The maximum Gasteiger partial charge on any atom is 0.328 e. The second-order valence-corrected chi connectivity index (χ2v) is 8.03. The Bertz CT molecular complexity index is 1010. The molecule has 6 heteroatoms. The molecule has 1 N–H and O–H groups in total. The lowest BCUT2D eigenvalue weighted by atomic mass is 9.92. The molecule has 28 heavy (non-hydrogen) atoms. The Labute approximate surface area is 163 Å². The van der Waals surface area contributed by atoms with E-state index in [-0.39, 0.29) is 23.2 Å². The van der Waals surface area contributed by atoms with E-state index in [9.17, 15) is 9.18 Å². The summed E-state index contributed by atoms with van der Waals surface area (Å²) in [6, 6.07) is 17.4. The second kappa shape index (κ2) is 6.78. The van der Waals surface area contributed by atoms with Crippen LogP contribution in [0, 0.1) is 5.82 Å². The van der Waals surface area contributed by atoms with E-state index in [2.05, 4.69) is 26.1 Å². The van der Waals surface area contributed by atoms with Crippen molar-refractivity contribution in [3.8, 4) is 0 Å². The van der Waals surface area contributed by atoms with Gasteiger partial charge in [-0.05, 0) is 17.7 Å². The fourth-order valence-electron chi connectivity index (χ4n) is 3.42. The van der Waals surface area contributed by atoms with Crippen molar-refractivity contribution in [3.63, 3.8) is 0 Å². The number of aromatic nitrogens is 2. The highest BCUT2D eigenvalue weighted by Crippen LogP contribution is 2.38. The van der Waals surface area contributed by atoms with E-state index in [1.807, 2.05) is 41.1 Å². The van der Waals surface area contributed by atoms with Crippen molar-refractivity contribution in [2.45, 2.75) is 38.8 Å². The normalized spacial score (nSPS) is 16.1. The number of carbonyl (C=O) groups excluding carboxylic acids is 1. The zero-order valence-corrected chi connectivity index (χ0v) is 16.2. The van der Waals surface area contributed by atoms with Crippen LogP contribution < -0.4 is 10.2 Å². The first-order chi connectivity index (χ1) is 13.3. The number of fused-ring (bicyclic) bond motifs is 1. The number of hydrogen-bond donors (Lipinski definition) is 1. The SMILES string of the molecule is CC(C)(C)c1cc2n(n1)CC(c1ccccc1)N2C(=O)Nc1ccccc1F. The third-order valence-electron chi connectivity index (χ3n) is 4.95. The average Bonchev–Trinajstić information content (AvgIpc) is 3.22. The predicted octanol–water partition coefficient (Wildman–Crippen LogP) is 5.11. The zero-order valence-electron chi connectivity index (χ0n) is 16.2. The summed E-state index contributed by atoms with van der Waals surface area (Å²) in [5.74, 6) is 0.253. The first-order valence-electron chi connectivity index (χ1n) is 9.32. The van der Waals surface area contributed by atoms with Crippen LogP contribution in [0.15, 0.2) is 60.7 Å². The molecule has 0 spiro atoms. The Hall–Kier alpha value is -3.15. The molecule has 0 aliphatic carbocycles. The summed E-state index contributed by atoms with van der Waals surface area (Å²) in [6.07, 6.45) is 0. The number of halogens is 1. The van der Waals surface area contributed by atoms with Gasteiger partial charge in [0, 0.05) is 11.5 Å². The van der Waals surface area contributed by atoms with Gasteiger partial charge in [0.2, 0.25) is 0 Å². The standard InChI is InChI=1S/C22H23FN4O/c1-22(2,3)19-13-20-26(25-19)14-18(15-9-5-4-6-10-15)27(20)21(28)24-17-12-8-7-11-16(17)23/h4-13,18H,14H2,1-3H3,(H,24,28). The molecule has 5 nitrogen and oxygen atoms in total. The van der Waals surface area contributed by atoms with Crippen molar-refractivity contribution in [2.24, 2.45) is 0 Å². The smallest absolute Gasteiger partial charge is 0.305 e. The quantitative estimate of drug-likeness (QED) is 0.673. The molecule has 2 heterocycles. The lowest BCUT2D eigenvalue weighted by molar-refractivity contribution is 0.255. The molecule has 4 rings (SSSR count). The van der Waals surface area contributed by atoms with Crippen molar-refractivity contribution in [1.82, 2.24) is 9.78 Å². The molecule has 0 saturated carbocycles. The van der Waals surface area contributed by atoms with Crippen LogP contribution in [0.25, 0.3) is 0 Å². The van der Waals surface area contributed by atoms with Gasteiger partial charge in [-0.3, -0.25) is 4.90 Å². The average molecular weight is 378 g/mol. The van der Waals surface area contributed by atoms with Gasteiger partial charge in [0.1, 0.15) is 11.6 Å². The van der Waals surface area contributed by atoms with Crippen LogP contribution in [0.1, 0.15) is 38.1 Å². The van der Waals surface area contributed by atoms with E-state index < -0.39 is 5.82 Å². The van der Waals surface area contributed by atoms with Crippen molar-refractivity contribution in [1.29, 1.82) is 0 Å². The highest BCUT2D eigenvalue weighted by Gasteiger charge is 2.38. The van der Waals surface area contributed by atoms with E-state index in [1.54, 1.807) is 23.1 Å². The van der Waals surface area contributed by atoms with Gasteiger partial charge in [-0.1, -0.05) is 63.2 Å². The van der Waals surface area contributed by atoms with E-state index in [1.165, 1.54) is 6.07 Å². The topological polar surface area (TPSA) is 50.2 Å². The van der Waals surface area contributed by atoms with Crippen molar-refractivity contribution >= 4 is 17.5 Å². The minimum Gasteiger partial charge on any atom is -0.305 e. The number of nitrogens with one attached hydrogen (secondary N) is 1. The molecule has 0 radical (unpaired) electrons. The minimum atomic E-state index is -0.463. The first-order valence-corrected chi connectivity index (χ1v) is 9.32. The second-order valence-electron chi connectivity index (χ2n) is 8.03. The number of anilines is 2. The fourth-order valence-corrected chi connectivity index (χ4v) is 3.42. The first kappa shape index (κ1) is 18.2.